The second kappa shape index (κ2) is 11.2. The third-order valence-corrected chi connectivity index (χ3v) is 5.11. The predicted molar refractivity (Wildman–Crippen MR) is 126 cm³/mol. The molecule has 0 spiro atoms. The standard InChI is InChI=1S/C25H18Cl2F3NO3/c26-19-9-6-17(7-10-19)8-15-22(32)31(21-13-11-20(27)12-14-21)23(18-4-2-1-3-5-18)24(33)34-16-25(28,29)30/h1-15,23H,16H2/b15-8+. The summed E-state index contributed by atoms with van der Waals surface area (Å²) in [6.07, 6.45) is -2.00. The van der Waals surface area contributed by atoms with Crippen molar-refractivity contribution in [2.24, 2.45) is 0 Å². The maximum atomic E-state index is 13.3. The largest absolute Gasteiger partial charge is 0.454 e. The molecule has 176 valence electrons. The van der Waals surface area contributed by atoms with Crippen molar-refractivity contribution < 1.29 is 27.5 Å². The van der Waals surface area contributed by atoms with Gasteiger partial charge in [0, 0.05) is 21.8 Å². The molecule has 0 saturated carbocycles. The van der Waals surface area contributed by atoms with Gasteiger partial charge in [0.2, 0.25) is 0 Å². The lowest BCUT2D eigenvalue weighted by atomic mass is 10.0. The number of ether oxygens (including phenoxy) is 1. The van der Waals surface area contributed by atoms with Gasteiger partial charge >= 0.3 is 12.1 Å². The van der Waals surface area contributed by atoms with Crippen molar-refractivity contribution in [3.05, 3.63) is 106 Å². The van der Waals surface area contributed by atoms with Crippen molar-refractivity contribution in [2.45, 2.75) is 12.2 Å². The number of halogens is 5. The number of carbonyl (C=O) groups excluding carboxylic acids is 2. The molecule has 3 aromatic carbocycles. The Balaban J connectivity index is 2.04. The van der Waals surface area contributed by atoms with E-state index < -0.39 is 30.7 Å². The number of esters is 1. The highest BCUT2D eigenvalue weighted by Crippen LogP contribution is 2.31. The fourth-order valence-corrected chi connectivity index (χ4v) is 3.34. The average Bonchev–Trinajstić information content (AvgIpc) is 2.81. The van der Waals surface area contributed by atoms with Crippen LogP contribution < -0.4 is 4.90 Å². The Morgan fingerprint density at radius 1 is 0.882 bits per heavy atom. The maximum absolute atomic E-state index is 13.3. The fraction of sp³-hybridized carbons (Fsp3) is 0.120. The number of hydrogen-bond acceptors (Lipinski definition) is 3. The smallest absolute Gasteiger partial charge is 0.422 e. The predicted octanol–water partition coefficient (Wildman–Crippen LogP) is 6.89. The van der Waals surface area contributed by atoms with Crippen LogP contribution in [-0.4, -0.2) is 24.7 Å². The average molecular weight is 508 g/mol. The number of nitrogens with zero attached hydrogens (tertiary/aromatic N) is 1. The van der Waals surface area contributed by atoms with Gasteiger partial charge in [0.25, 0.3) is 5.91 Å². The lowest BCUT2D eigenvalue weighted by Gasteiger charge is -2.30. The Morgan fingerprint density at radius 3 is 2.00 bits per heavy atom. The van der Waals surface area contributed by atoms with Crippen molar-refractivity contribution in [3.8, 4) is 0 Å². The van der Waals surface area contributed by atoms with Crippen LogP contribution in [0.1, 0.15) is 17.2 Å². The van der Waals surface area contributed by atoms with E-state index in [1.807, 2.05) is 0 Å². The van der Waals surface area contributed by atoms with Gasteiger partial charge in [-0.3, -0.25) is 9.69 Å². The number of carbonyl (C=O) groups is 2. The first-order valence-electron chi connectivity index (χ1n) is 9.95. The highest BCUT2D eigenvalue weighted by Gasteiger charge is 2.36. The summed E-state index contributed by atoms with van der Waals surface area (Å²) in [5.41, 5.74) is 1.18. The van der Waals surface area contributed by atoms with Gasteiger partial charge in [0.1, 0.15) is 0 Å². The Morgan fingerprint density at radius 2 is 1.44 bits per heavy atom. The van der Waals surface area contributed by atoms with E-state index >= 15 is 0 Å². The topological polar surface area (TPSA) is 46.6 Å². The van der Waals surface area contributed by atoms with E-state index in [1.54, 1.807) is 42.5 Å². The summed E-state index contributed by atoms with van der Waals surface area (Å²) in [6.45, 7) is -1.78. The van der Waals surface area contributed by atoms with Gasteiger partial charge in [-0.05, 0) is 53.6 Å². The Labute approximate surface area is 204 Å². The first kappa shape index (κ1) is 25.3. The number of amides is 1. The van der Waals surface area contributed by atoms with Crippen LogP contribution in [0.15, 0.2) is 84.9 Å². The van der Waals surface area contributed by atoms with Gasteiger partial charge in [-0.2, -0.15) is 13.2 Å². The van der Waals surface area contributed by atoms with Crippen molar-refractivity contribution in [3.63, 3.8) is 0 Å². The first-order chi connectivity index (χ1) is 16.1. The molecule has 0 saturated heterocycles. The molecule has 0 radical (unpaired) electrons. The molecule has 0 fully saturated rings. The third-order valence-electron chi connectivity index (χ3n) is 4.61. The van der Waals surface area contributed by atoms with Gasteiger partial charge in [-0.15, -0.1) is 0 Å². The molecule has 0 heterocycles. The molecule has 0 N–H and O–H groups in total. The maximum Gasteiger partial charge on any atom is 0.422 e. The van der Waals surface area contributed by atoms with E-state index in [2.05, 4.69) is 4.74 Å². The molecule has 0 aromatic heterocycles. The minimum atomic E-state index is -4.72. The summed E-state index contributed by atoms with van der Waals surface area (Å²) in [7, 11) is 0. The van der Waals surface area contributed by atoms with Crippen molar-refractivity contribution in [2.75, 3.05) is 11.5 Å². The summed E-state index contributed by atoms with van der Waals surface area (Å²) >= 11 is 11.8. The number of hydrogen-bond donors (Lipinski definition) is 0. The van der Waals surface area contributed by atoms with Gasteiger partial charge < -0.3 is 4.74 Å². The van der Waals surface area contributed by atoms with Crippen LogP contribution in [0.4, 0.5) is 18.9 Å². The van der Waals surface area contributed by atoms with Gasteiger partial charge in [-0.1, -0.05) is 65.7 Å². The summed E-state index contributed by atoms with van der Waals surface area (Å²) in [5, 5.41) is 0.895. The Kier molecular flexibility index (Phi) is 8.36. The molecule has 34 heavy (non-hydrogen) atoms. The minimum Gasteiger partial charge on any atom is -0.454 e. The summed E-state index contributed by atoms with van der Waals surface area (Å²) < 4.78 is 42.8. The van der Waals surface area contributed by atoms with E-state index in [4.69, 9.17) is 23.2 Å². The van der Waals surface area contributed by atoms with Gasteiger partial charge in [0.05, 0.1) is 0 Å². The van der Waals surface area contributed by atoms with Crippen LogP contribution in [0.5, 0.6) is 0 Å². The third kappa shape index (κ3) is 7.10. The minimum absolute atomic E-state index is 0.243. The van der Waals surface area contributed by atoms with Crippen LogP contribution in [0.2, 0.25) is 10.0 Å². The number of alkyl halides is 3. The SMILES string of the molecule is O=C(OCC(F)(F)F)C(c1ccccc1)N(C(=O)/C=C/c1ccc(Cl)cc1)c1ccc(Cl)cc1. The Hall–Kier alpha value is -3.29. The molecular formula is C25H18Cl2F3NO3. The second-order valence-electron chi connectivity index (χ2n) is 7.11. The van der Waals surface area contributed by atoms with E-state index in [-0.39, 0.29) is 11.3 Å². The molecule has 4 nitrogen and oxygen atoms in total. The van der Waals surface area contributed by atoms with E-state index in [9.17, 15) is 22.8 Å². The summed E-state index contributed by atoms with van der Waals surface area (Å²) in [4.78, 5) is 27.3. The molecule has 1 unspecified atom stereocenters. The molecule has 0 aliphatic heterocycles. The molecule has 0 bridgehead atoms. The van der Waals surface area contributed by atoms with Crippen LogP contribution in [0, 0.1) is 0 Å². The molecule has 3 rings (SSSR count). The molecular weight excluding hydrogens is 490 g/mol. The molecule has 1 amide bonds. The lowest BCUT2D eigenvalue weighted by Crippen LogP contribution is -2.40. The normalized spacial score (nSPS) is 12.4. The number of rotatable bonds is 7. The summed E-state index contributed by atoms with van der Waals surface area (Å²) in [6, 6.07) is 19.1. The molecule has 0 aliphatic rings. The molecule has 1 atom stereocenters. The number of anilines is 1. The zero-order valence-electron chi connectivity index (χ0n) is 17.5. The number of benzene rings is 3. The Bertz CT molecular complexity index is 1150. The molecule has 3 aromatic rings. The highest BCUT2D eigenvalue weighted by atomic mass is 35.5. The second-order valence-corrected chi connectivity index (χ2v) is 7.98. The van der Waals surface area contributed by atoms with Gasteiger partial charge in [-0.25, -0.2) is 4.79 Å². The van der Waals surface area contributed by atoms with Crippen LogP contribution >= 0.6 is 23.2 Å². The van der Waals surface area contributed by atoms with E-state index in [0.717, 1.165) is 4.90 Å². The molecule has 0 aliphatic carbocycles. The first-order valence-corrected chi connectivity index (χ1v) is 10.7. The zero-order valence-corrected chi connectivity index (χ0v) is 19.0. The quantitative estimate of drug-likeness (QED) is 0.258. The zero-order chi connectivity index (χ0) is 24.7. The van der Waals surface area contributed by atoms with Crippen LogP contribution in [0.25, 0.3) is 6.08 Å². The molecule has 9 heteroatoms. The van der Waals surface area contributed by atoms with E-state index in [0.29, 0.717) is 15.6 Å². The van der Waals surface area contributed by atoms with Crippen LogP contribution in [-0.2, 0) is 14.3 Å². The lowest BCUT2D eigenvalue weighted by molar-refractivity contribution is -0.187. The fourth-order valence-electron chi connectivity index (χ4n) is 3.08. The monoisotopic (exact) mass is 507 g/mol. The van der Waals surface area contributed by atoms with Crippen molar-refractivity contribution >= 4 is 46.8 Å². The van der Waals surface area contributed by atoms with E-state index in [1.165, 1.54) is 48.6 Å². The van der Waals surface area contributed by atoms with Crippen LogP contribution in [0.3, 0.4) is 0 Å². The van der Waals surface area contributed by atoms with Gasteiger partial charge in [0.15, 0.2) is 12.6 Å². The van der Waals surface area contributed by atoms with Crippen molar-refractivity contribution in [1.82, 2.24) is 0 Å². The summed E-state index contributed by atoms with van der Waals surface area (Å²) in [5.74, 6) is -1.89. The highest BCUT2D eigenvalue weighted by molar-refractivity contribution is 6.31. The van der Waals surface area contributed by atoms with Crippen molar-refractivity contribution in [1.29, 1.82) is 0 Å².